The molecule has 120 valence electrons. The molecule has 3 N–H and O–H groups in total. The number of benzene rings is 1. The number of primary amides is 1. The SMILES string of the molecule is NC(=O)[C@H](CNC(=O)[C@@H]1COCCO1)Cc1ccc(F)cc1. The minimum absolute atomic E-state index is 0.103. The maximum atomic E-state index is 12.9. The van der Waals surface area contributed by atoms with Crippen molar-refractivity contribution in [3.8, 4) is 0 Å². The van der Waals surface area contributed by atoms with E-state index >= 15 is 0 Å². The summed E-state index contributed by atoms with van der Waals surface area (Å²) < 4.78 is 23.3. The number of hydrogen-bond donors (Lipinski definition) is 2. The summed E-state index contributed by atoms with van der Waals surface area (Å²) in [4.78, 5) is 23.4. The van der Waals surface area contributed by atoms with Crippen molar-refractivity contribution in [1.29, 1.82) is 0 Å². The molecule has 1 fully saturated rings. The van der Waals surface area contributed by atoms with E-state index in [1.807, 2.05) is 0 Å². The largest absolute Gasteiger partial charge is 0.376 e. The molecule has 0 unspecified atom stereocenters. The molecule has 0 spiro atoms. The van der Waals surface area contributed by atoms with Gasteiger partial charge in [0.25, 0.3) is 5.91 Å². The van der Waals surface area contributed by atoms with Crippen molar-refractivity contribution in [2.24, 2.45) is 11.7 Å². The third-order valence-corrected chi connectivity index (χ3v) is 3.43. The molecule has 1 aliphatic rings. The van der Waals surface area contributed by atoms with E-state index in [1.165, 1.54) is 12.1 Å². The third kappa shape index (κ3) is 4.78. The van der Waals surface area contributed by atoms with Crippen molar-refractivity contribution in [2.45, 2.75) is 12.5 Å². The minimum atomic E-state index is -0.659. The van der Waals surface area contributed by atoms with Crippen LogP contribution in [0.2, 0.25) is 0 Å². The number of carbonyl (C=O) groups is 2. The molecule has 0 bridgehead atoms. The fourth-order valence-corrected chi connectivity index (χ4v) is 2.16. The lowest BCUT2D eigenvalue weighted by Gasteiger charge is -2.23. The summed E-state index contributed by atoms with van der Waals surface area (Å²) in [6.07, 6.45) is -0.328. The summed E-state index contributed by atoms with van der Waals surface area (Å²) in [5.74, 6) is -1.77. The zero-order valence-corrected chi connectivity index (χ0v) is 12.1. The minimum Gasteiger partial charge on any atom is -0.376 e. The van der Waals surface area contributed by atoms with Crippen LogP contribution in [0.25, 0.3) is 0 Å². The number of nitrogens with two attached hydrogens (primary N) is 1. The predicted molar refractivity (Wildman–Crippen MR) is 76.4 cm³/mol. The highest BCUT2D eigenvalue weighted by atomic mass is 19.1. The van der Waals surface area contributed by atoms with Crippen molar-refractivity contribution >= 4 is 11.8 Å². The Morgan fingerprint density at radius 1 is 1.32 bits per heavy atom. The first kappa shape index (κ1) is 16.4. The number of halogens is 1. The summed E-state index contributed by atoms with van der Waals surface area (Å²) in [6.45, 7) is 1.14. The van der Waals surface area contributed by atoms with Gasteiger partial charge in [-0.1, -0.05) is 12.1 Å². The van der Waals surface area contributed by atoms with Gasteiger partial charge in [0.1, 0.15) is 5.82 Å². The van der Waals surface area contributed by atoms with Gasteiger partial charge in [0, 0.05) is 6.54 Å². The van der Waals surface area contributed by atoms with E-state index in [9.17, 15) is 14.0 Å². The second-order valence-electron chi connectivity index (χ2n) is 5.11. The topological polar surface area (TPSA) is 90.7 Å². The summed E-state index contributed by atoms with van der Waals surface area (Å²) >= 11 is 0. The van der Waals surface area contributed by atoms with E-state index in [0.717, 1.165) is 5.56 Å². The molecule has 1 aromatic rings. The van der Waals surface area contributed by atoms with Crippen LogP contribution in [-0.4, -0.2) is 44.3 Å². The van der Waals surface area contributed by atoms with Crippen LogP contribution in [0.4, 0.5) is 4.39 Å². The predicted octanol–water partition coefficient (Wildman–Crippen LogP) is 0.00130. The van der Waals surface area contributed by atoms with E-state index < -0.39 is 17.9 Å². The Morgan fingerprint density at radius 3 is 2.64 bits per heavy atom. The Labute approximate surface area is 127 Å². The van der Waals surface area contributed by atoms with E-state index in [4.69, 9.17) is 15.2 Å². The van der Waals surface area contributed by atoms with Gasteiger partial charge in [-0.15, -0.1) is 0 Å². The van der Waals surface area contributed by atoms with Crippen LogP contribution >= 0.6 is 0 Å². The van der Waals surface area contributed by atoms with E-state index in [1.54, 1.807) is 12.1 Å². The molecule has 0 aromatic heterocycles. The van der Waals surface area contributed by atoms with Gasteiger partial charge in [-0.2, -0.15) is 0 Å². The second kappa shape index (κ2) is 7.86. The lowest BCUT2D eigenvalue weighted by atomic mass is 9.98. The second-order valence-corrected chi connectivity index (χ2v) is 5.11. The van der Waals surface area contributed by atoms with Gasteiger partial charge in [-0.05, 0) is 24.1 Å². The highest BCUT2D eigenvalue weighted by Gasteiger charge is 2.24. The Balaban J connectivity index is 1.87. The van der Waals surface area contributed by atoms with E-state index in [2.05, 4.69) is 5.32 Å². The molecular formula is C15H19FN2O4. The number of rotatable bonds is 6. The van der Waals surface area contributed by atoms with Crippen molar-refractivity contribution < 1.29 is 23.5 Å². The molecule has 0 saturated carbocycles. The summed E-state index contributed by atoms with van der Waals surface area (Å²) in [6, 6.07) is 5.81. The standard InChI is InChI=1S/C15H19FN2O4/c16-12-3-1-10(2-4-12)7-11(14(17)19)8-18-15(20)13-9-21-5-6-22-13/h1-4,11,13H,5-9H2,(H2,17,19)(H,18,20)/t11-,13-/m0/s1. The Hall–Kier alpha value is -1.99. The normalized spacial score (nSPS) is 19.4. The van der Waals surface area contributed by atoms with Gasteiger partial charge < -0.3 is 20.5 Å². The molecule has 1 aromatic carbocycles. The third-order valence-electron chi connectivity index (χ3n) is 3.43. The molecule has 1 saturated heterocycles. The number of ether oxygens (including phenoxy) is 2. The van der Waals surface area contributed by atoms with Gasteiger partial charge in [-0.25, -0.2) is 4.39 Å². The van der Waals surface area contributed by atoms with Gasteiger partial charge in [0.2, 0.25) is 5.91 Å². The number of nitrogens with one attached hydrogen (secondary N) is 1. The first-order valence-electron chi connectivity index (χ1n) is 7.07. The maximum Gasteiger partial charge on any atom is 0.251 e. The van der Waals surface area contributed by atoms with Crippen LogP contribution in [0.5, 0.6) is 0 Å². The van der Waals surface area contributed by atoms with Crippen LogP contribution in [0.1, 0.15) is 5.56 Å². The average molecular weight is 310 g/mol. The molecule has 7 heteroatoms. The fraction of sp³-hybridized carbons (Fsp3) is 0.467. The van der Waals surface area contributed by atoms with E-state index in [0.29, 0.717) is 19.6 Å². The Bertz CT molecular complexity index is 515. The monoisotopic (exact) mass is 310 g/mol. The van der Waals surface area contributed by atoms with Crippen molar-refractivity contribution in [3.05, 3.63) is 35.6 Å². The molecule has 0 aliphatic carbocycles. The van der Waals surface area contributed by atoms with Gasteiger partial charge in [0.05, 0.1) is 25.7 Å². The maximum absolute atomic E-state index is 12.9. The zero-order valence-electron chi connectivity index (χ0n) is 12.1. The lowest BCUT2D eigenvalue weighted by molar-refractivity contribution is -0.147. The molecule has 2 atom stereocenters. The molecule has 0 radical (unpaired) electrons. The molecule has 2 rings (SSSR count). The highest BCUT2D eigenvalue weighted by Crippen LogP contribution is 2.10. The van der Waals surface area contributed by atoms with Crippen LogP contribution < -0.4 is 11.1 Å². The Kier molecular flexibility index (Phi) is 5.85. The fourth-order valence-electron chi connectivity index (χ4n) is 2.16. The number of amides is 2. The molecule has 1 heterocycles. The molecule has 22 heavy (non-hydrogen) atoms. The van der Waals surface area contributed by atoms with Gasteiger partial charge in [-0.3, -0.25) is 9.59 Å². The molecular weight excluding hydrogens is 291 g/mol. The molecule has 1 aliphatic heterocycles. The van der Waals surface area contributed by atoms with Gasteiger partial charge >= 0.3 is 0 Å². The highest BCUT2D eigenvalue weighted by molar-refractivity contribution is 5.82. The first-order chi connectivity index (χ1) is 10.6. The summed E-state index contributed by atoms with van der Waals surface area (Å²) in [5.41, 5.74) is 6.13. The van der Waals surface area contributed by atoms with E-state index in [-0.39, 0.29) is 24.9 Å². The Morgan fingerprint density at radius 2 is 2.05 bits per heavy atom. The van der Waals surface area contributed by atoms with Crippen molar-refractivity contribution in [3.63, 3.8) is 0 Å². The van der Waals surface area contributed by atoms with Crippen molar-refractivity contribution in [1.82, 2.24) is 5.32 Å². The summed E-state index contributed by atoms with van der Waals surface area (Å²) in [5, 5.41) is 2.65. The quantitative estimate of drug-likeness (QED) is 0.774. The lowest BCUT2D eigenvalue weighted by Crippen LogP contribution is -2.46. The summed E-state index contributed by atoms with van der Waals surface area (Å²) in [7, 11) is 0. The number of carbonyl (C=O) groups excluding carboxylic acids is 2. The van der Waals surface area contributed by atoms with Crippen LogP contribution in [0, 0.1) is 11.7 Å². The average Bonchev–Trinajstić information content (AvgIpc) is 2.53. The smallest absolute Gasteiger partial charge is 0.251 e. The number of hydrogen-bond acceptors (Lipinski definition) is 4. The van der Waals surface area contributed by atoms with Crippen molar-refractivity contribution in [2.75, 3.05) is 26.4 Å². The van der Waals surface area contributed by atoms with Crippen LogP contribution in [-0.2, 0) is 25.5 Å². The first-order valence-corrected chi connectivity index (χ1v) is 7.07. The van der Waals surface area contributed by atoms with Gasteiger partial charge in [0.15, 0.2) is 6.10 Å². The molecule has 6 nitrogen and oxygen atoms in total. The van der Waals surface area contributed by atoms with Crippen LogP contribution in [0.3, 0.4) is 0 Å². The molecule has 2 amide bonds. The zero-order chi connectivity index (χ0) is 15.9. The van der Waals surface area contributed by atoms with Crippen LogP contribution in [0.15, 0.2) is 24.3 Å².